The van der Waals surface area contributed by atoms with Crippen LogP contribution in [0.4, 0.5) is 0 Å². The van der Waals surface area contributed by atoms with Crippen LogP contribution < -0.4 is 5.32 Å². The topological polar surface area (TPSA) is 64.6 Å². The third-order valence-electron chi connectivity index (χ3n) is 5.96. The number of hydrogen-bond acceptors (Lipinski definition) is 4. The molecule has 0 saturated carbocycles. The van der Waals surface area contributed by atoms with Crippen LogP contribution >= 0.6 is 11.6 Å². The predicted molar refractivity (Wildman–Crippen MR) is 96.5 cm³/mol. The molecule has 2 heterocycles. The summed E-state index contributed by atoms with van der Waals surface area (Å²) >= 11 is 5.87. The van der Waals surface area contributed by atoms with E-state index in [0.29, 0.717) is 17.8 Å². The second-order valence-electron chi connectivity index (χ2n) is 8.36. The van der Waals surface area contributed by atoms with Crippen LogP contribution in [0, 0.1) is 11.8 Å². The number of hydrogen-bond donors (Lipinski definition) is 1. The molecule has 4 atom stereocenters. The van der Waals surface area contributed by atoms with Gasteiger partial charge in [0.2, 0.25) is 11.4 Å². The number of rotatable bonds is 7. The number of halogens is 1. The van der Waals surface area contributed by atoms with E-state index in [1.54, 1.807) is 0 Å². The van der Waals surface area contributed by atoms with Gasteiger partial charge in [0.1, 0.15) is 0 Å². The molecule has 2 aliphatic rings. The molecule has 7 heteroatoms. The summed E-state index contributed by atoms with van der Waals surface area (Å²) in [5, 5.41) is 2.96. The largest absolute Gasteiger partial charge is 0.453 e. The van der Waals surface area contributed by atoms with Crippen molar-refractivity contribution in [3.05, 3.63) is 0 Å². The zero-order valence-corrected chi connectivity index (χ0v) is 17.5. The fourth-order valence-electron chi connectivity index (χ4n) is 3.74. The molecular formula is C17H30ClNO4Si. The number of amides is 1. The van der Waals surface area contributed by atoms with E-state index in [-0.39, 0.29) is 17.8 Å². The first-order valence-electron chi connectivity index (χ1n) is 8.73. The number of alkyl halides is 1. The summed E-state index contributed by atoms with van der Waals surface area (Å²) in [6.07, 6.45) is 0.0754. The lowest BCUT2D eigenvalue weighted by atomic mass is 9.66. The highest BCUT2D eigenvalue weighted by atomic mass is 35.5. The molecule has 2 fully saturated rings. The van der Waals surface area contributed by atoms with Gasteiger partial charge in [0.15, 0.2) is 13.9 Å². The second kappa shape index (κ2) is 6.29. The fourth-order valence-corrected chi connectivity index (χ4v) is 5.33. The van der Waals surface area contributed by atoms with Gasteiger partial charge in [0.05, 0.1) is 12.0 Å². The normalized spacial score (nSPS) is 34.0. The number of ether oxygens (including phenoxy) is 1. The number of carbonyl (C=O) groups excluding carboxylic acids is 2. The SMILES string of the molecule is CC(C)[C@H](O[Si](C)(C)C(C)C)[C@@]12NC(=O)[C@H](CCCl)[C@]1(C)OC2=O. The summed E-state index contributed by atoms with van der Waals surface area (Å²) in [5.41, 5.74) is -1.60. The van der Waals surface area contributed by atoms with E-state index in [1.807, 2.05) is 20.8 Å². The van der Waals surface area contributed by atoms with Crippen molar-refractivity contribution >= 4 is 31.8 Å². The summed E-state index contributed by atoms with van der Waals surface area (Å²) in [5.74, 6) is -0.565. The molecular weight excluding hydrogens is 346 g/mol. The molecule has 1 N–H and O–H groups in total. The number of esters is 1. The molecule has 138 valence electrons. The van der Waals surface area contributed by atoms with Gasteiger partial charge in [-0.3, -0.25) is 4.79 Å². The Bertz CT molecular complexity index is 539. The molecule has 0 unspecified atom stereocenters. The lowest BCUT2D eigenvalue weighted by molar-refractivity contribution is -0.236. The van der Waals surface area contributed by atoms with Crippen molar-refractivity contribution in [3.63, 3.8) is 0 Å². The van der Waals surface area contributed by atoms with Gasteiger partial charge in [0, 0.05) is 5.88 Å². The van der Waals surface area contributed by atoms with Crippen molar-refractivity contribution in [2.45, 2.75) is 76.9 Å². The van der Waals surface area contributed by atoms with Crippen LogP contribution in [0.3, 0.4) is 0 Å². The van der Waals surface area contributed by atoms with E-state index in [1.165, 1.54) is 0 Å². The highest BCUT2D eigenvalue weighted by Gasteiger charge is 2.79. The smallest absolute Gasteiger partial charge is 0.339 e. The van der Waals surface area contributed by atoms with Crippen LogP contribution in [0.5, 0.6) is 0 Å². The zero-order chi connectivity index (χ0) is 18.5. The molecule has 2 rings (SSSR count). The maximum absolute atomic E-state index is 12.6. The molecule has 5 nitrogen and oxygen atoms in total. The van der Waals surface area contributed by atoms with Crippen LogP contribution in [0.2, 0.25) is 18.6 Å². The van der Waals surface area contributed by atoms with Gasteiger partial charge in [-0.15, -0.1) is 11.6 Å². The Labute approximate surface area is 150 Å². The van der Waals surface area contributed by atoms with Crippen molar-refractivity contribution in [2.75, 3.05) is 5.88 Å². The van der Waals surface area contributed by atoms with E-state index < -0.39 is 31.5 Å². The van der Waals surface area contributed by atoms with Crippen LogP contribution in [-0.4, -0.2) is 43.3 Å². The monoisotopic (exact) mass is 375 g/mol. The Hall–Kier alpha value is -0.593. The Balaban J connectivity index is 2.44. The molecule has 2 aliphatic heterocycles. The van der Waals surface area contributed by atoms with Crippen LogP contribution in [-0.2, 0) is 18.8 Å². The van der Waals surface area contributed by atoms with Crippen LogP contribution in [0.25, 0.3) is 0 Å². The van der Waals surface area contributed by atoms with Gasteiger partial charge in [-0.2, -0.15) is 0 Å². The van der Waals surface area contributed by atoms with E-state index in [2.05, 4.69) is 32.3 Å². The van der Waals surface area contributed by atoms with Gasteiger partial charge in [-0.05, 0) is 37.9 Å². The third-order valence-corrected chi connectivity index (χ3v) is 9.82. The Kier molecular flexibility index (Phi) is 5.17. The third kappa shape index (κ3) is 2.61. The fraction of sp³-hybridized carbons (Fsp3) is 0.882. The van der Waals surface area contributed by atoms with Crippen molar-refractivity contribution in [3.8, 4) is 0 Å². The molecule has 0 aromatic rings. The van der Waals surface area contributed by atoms with Crippen LogP contribution in [0.15, 0.2) is 0 Å². The van der Waals surface area contributed by atoms with E-state index in [0.717, 1.165) is 0 Å². The van der Waals surface area contributed by atoms with E-state index >= 15 is 0 Å². The number of carbonyl (C=O) groups is 2. The van der Waals surface area contributed by atoms with E-state index in [4.69, 9.17) is 20.8 Å². The molecule has 0 radical (unpaired) electrons. The first-order valence-corrected chi connectivity index (χ1v) is 12.2. The second-order valence-corrected chi connectivity index (χ2v) is 13.3. The molecule has 0 aromatic carbocycles. The quantitative estimate of drug-likeness (QED) is 0.422. The predicted octanol–water partition coefficient (Wildman–Crippen LogP) is 3.07. The Morgan fingerprint density at radius 3 is 2.29 bits per heavy atom. The van der Waals surface area contributed by atoms with Crippen LogP contribution in [0.1, 0.15) is 41.0 Å². The Morgan fingerprint density at radius 2 is 1.88 bits per heavy atom. The number of nitrogens with one attached hydrogen (secondary N) is 1. The van der Waals surface area contributed by atoms with E-state index in [9.17, 15) is 9.59 Å². The van der Waals surface area contributed by atoms with Gasteiger partial charge >= 0.3 is 5.97 Å². The standard InChI is InChI=1S/C17H30ClNO4Si/c1-10(2)13(23-24(6,7)11(3)4)17-15(21)22-16(17,5)12(8-9-18)14(20)19-17/h10-13H,8-9H2,1-7H3,(H,19,20)/t12-,13-,16-,17-/m0/s1. The molecule has 0 bridgehead atoms. The average molecular weight is 376 g/mol. The first kappa shape index (κ1) is 19.7. The summed E-state index contributed by atoms with van der Waals surface area (Å²) in [6, 6.07) is 0. The minimum Gasteiger partial charge on any atom is -0.453 e. The first-order chi connectivity index (χ1) is 10.9. The van der Waals surface area contributed by atoms with Crippen molar-refractivity contribution in [1.29, 1.82) is 0 Å². The van der Waals surface area contributed by atoms with Crippen molar-refractivity contribution in [2.24, 2.45) is 11.8 Å². The van der Waals surface area contributed by atoms with Gasteiger partial charge in [-0.25, -0.2) is 4.79 Å². The molecule has 1 amide bonds. The van der Waals surface area contributed by atoms with Gasteiger partial charge < -0.3 is 14.5 Å². The maximum Gasteiger partial charge on any atom is 0.339 e. The highest BCUT2D eigenvalue weighted by Crippen LogP contribution is 2.54. The molecule has 2 saturated heterocycles. The molecule has 24 heavy (non-hydrogen) atoms. The van der Waals surface area contributed by atoms with Gasteiger partial charge in [0.25, 0.3) is 0 Å². The minimum atomic E-state index is -2.03. The van der Waals surface area contributed by atoms with Crippen molar-refractivity contribution in [1.82, 2.24) is 5.32 Å². The minimum absolute atomic E-state index is 0.0674. The lowest BCUT2D eigenvalue weighted by Gasteiger charge is -2.56. The number of fused-ring (bicyclic) bond motifs is 1. The van der Waals surface area contributed by atoms with Gasteiger partial charge in [-0.1, -0.05) is 27.7 Å². The maximum atomic E-state index is 12.6. The lowest BCUT2D eigenvalue weighted by Crippen LogP contribution is -2.81. The van der Waals surface area contributed by atoms with Crippen molar-refractivity contribution < 1.29 is 18.8 Å². The summed E-state index contributed by atoms with van der Waals surface area (Å²) in [6.45, 7) is 14.5. The molecule has 0 aromatic heterocycles. The molecule has 0 aliphatic carbocycles. The Morgan fingerprint density at radius 1 is 1.29 bits per heavy atom. The summed E-state index contributed by atoms with van der Waals surface area (Å²) < 4.78 is 12.1. The summed E-state index contributed by atoms with van der Waals surface area (Å²) in [4.78, 5) is 25.2. The zero-order valence-electron chi connectivity index (χ0n) is 15.7. The molecule has 0 spiro atoms. The summed E-state index contributed by atoms with van der Waals surface area (Å²) in [7, 11) is -2.03. The average Bonchev–Trinajstić information content (AvgIpc) is 2.62. The highest BCUT2D eigenvalue weighted by molar-refractivity contribution is 6.72.